The molecule has 0 radical (unpaired) electrons. The van der Waals surface area contributed by atoms with Crippen LogP contribution in [0.25, 0.3) is 0 Å². The van der Waals surface area contributed by atoms with Crippen LogP contribution in [0.5, 0.6) is 0 Å². The van der Waals surface area contributed by atoms with Crippen molar-refractivity contribution in [1.29, 1.82) is 0 Å². The maximum absolute atomic E-state index is 13.1. The van der Waals surface area contributed by atoms with Gasteiger partial charge < -0.3 is 65.1 Å². The van der Waals surface area contributed by atoms with Crippen LogP contribution < -0.4 is 5.32 Å². The third kappa shape index (κ3) is 23.1. The van der Waals surface area contributed by atoms with Gasteiger partial charge in [-0.1, -0.05) is 167 Å². The maximum atomic E-state index is 13.1. The molecule has 9 N–H and O–H groups in total. The molecular formula is C48H89NO13. The van der Waals surface area contributed by atoms with Crippen LogP contribution in [-0.4, -0.2) is 140 Å². The minimum Gasteiger partial charge on any atom is -0.394 e. The number of allylic oxidation sites excluding steroid dienone is 3. The first-order valence-corrected chi connectivity index (χ1v) is 24.6. The molecule has 2 aliphatic rings. The highest BCUT2D eigenvalue weighted by Gasteiger charge is 2.51. The average molecular weight is 888 g/mol. The molecule has 12 atom stereocenters. The van der Waals surface area contributed by atoms with Gasteiger partial charge in [0.25, 0.3) is 0 Å². The van der Waals surface area contributed by atoms with Crippen molar-refractivity contribution < 1.29 is 64.6 Å². The number of rotatable bonds is 37. The summed E-state index contributed by atoms with van der Waals surface area (Å²) in [7, 11) is 0. The van der Waals surface area contributed by atoms with E-state index < -0.39 is 86.8 Å². The lowest BCUT2D eigenvalue weighted by Crippen LogP contribution is -2.65. The molecule has 0 spiro atoms. The predicted molar refractivity (Wildman–Crippen MR) is 240 cm³/mol. The van der Waals surface area contributed by atoms with E-state index in [-0.39, 0.29) is 18.9 Å². The number of aliphatic hydroxyl groups excluding tert-OH is 8. The van der Waals surface area contributed by atoms with Crippen molar-refractivity contribution in [2.75, 3.05) is 19.8 Å². The average Bonchev–Trinajstić information content (AvgIpc) is 3.27. The second-order valence-corrected chi connectivity index (χ2v) is 17.6. The Morgan fingerprint density at radius 1 is 0.565 bits per heavy atom. The highest BCUT2D eigenvalue weighted by atomic mass is 16.7. The highest BCUT2D eigenvalue weighted by Crippen LogP contribution is 2.30. The van der Waals surface area contributed by atoms with Crippen molar-refractivity contribution in [2.45, 2.75) is 254 Å². The van der Waals surface area contributed by atoms with Gasteiger partial charge in [-0.15, -0.1) is 0 Å². The van der Waals surface area contributed by atoms with Crippen LogP contribution in [-0.2, 0) is 23.7 Å². The monoisotopic (exact) mass is 888 g/mol. The van der Waals surface area contributed by atoms with E-state index in [1.165, 1.54) is 116 Å². The van der Waals surface area contributed by atoms with Gasteiger partial charge in [0.2, 0.25) is 5.91 Å². The number of nitrogens with one attached hydrogen (secondary N) is 1. The molecule has 0 aliphatic carbocycles. The summed E-state index contributed by atoms with van der Waals surface area (Å²) in [5, 5.41) is 86.5. The smallest absolute Gasteiger partial charge is 0.220 e. The minimum absolute atomic E-state index is 0.250. The quantitative estimate of drug-likeness (QED) is 0.0267. The number of ether oxygens (including phenoxy) is 4. The molecular weight excluding hydrogens is 799 g/mol. The fraction of sp³-hybridized carbons (Fsp3) is 0.896. The molecule has 0 aromatic rings. The van der Waals surface area contributed by atoms with Gasteiger partial charge in [0, 0.05) is 6.42 Å². The van der Waals surface area contributed by atoms with Crippen LogP contribution in [0.2, 0.25) is 0 Å². The van der Waals surface area contributed by atoms with Crippen molar-refractivity contribution in [3.63, 3.8) is 0 Å². The lowest BCUT2D eigenvalue weighted by atomic mass is 9.97. The van der Waals surface area contributed by atoms with Crippen LogP contribution in [0.4, 0.5) is 0 Å². The zero-order valence-electron chi connectivity index (χ0n) is 38.4. The van der Waals surface area contributed by atoms with Crippen molar-refractivity contribution >= 4 is 5.91 Å². The van der Waals surface area contributed by atoms with Crippen LogP contribution in [0.15, 0.2) is 24.3 Å². The molecule has 12 unspecified atom stereocenters. The van der Waals surface area contributed by atoms with Crippen molar-refractivity contribution in [3.8, 4) is 0 Å². The van der Waals surface area contributed by atoms with Gasteiger partial charge in [0.1, 0.15) is 48.8 Å². The Morgan fingerprint density at radius 3 is 1.58 bits per heavy atom. The maximum Gasteiger partial charge on any atom is 0.220 e. The second kappa shape index (κ2) is 35.7. The number of unbranched alkanes of at least 4 members (excludes halogenated alkanes) is 22. The van der Waals surface area contributed by atoms with Crippen LogP contribution >= 0.6 is 0 Å². The van der Waals surface area contributed by atoms with E-state index in [9.17, 15) is 45.6 Å². The second-order valence-electron chi connectivity index (χ2n) is 17.6. The van der Waals surface area contributed by atoms with Crippen molar-refractivity contribution in [1.82, 2.24) is 5.32 Å². The molecule has 0 aromatic heterocycles. The van der Waals surface area contributed by atoms with Gasteiger partial charge in [-0.2, -0.15) is 0 Å². The standard InChI is InChI=1S/C48H89NO13/c1-3-5-7-9-11-13-15-16-17-18-19-20-21-22-24-26-28-30-32-40(53)49-36(37(52)31-29-27-25-23-14-12-10-8-6-4-2)35-59-47-45(58)43(56)46(39(34-51)61-47)62-48-44(57)42(55)41(54)38(33-50)60-48/h14,23,29,31,36-39,41-48,50-52,54-58H,3-13,15-22,24-28,30,32-35H2,1-2H3,(H,49,53)/b23-14+,31-29+. The molecule has 0 aromatic carbocycles. The highest BCUT2D eigenvalue weighted by molar-refractivity contribution is 5.76. The van der Waals surface area contributed by atoms with Crippen LogP contribution in [0, 0.1) is 0 Å². The Balaban J connectivity index is 1.83. The summed E-state index contributed by atoms with van der Waals surface area (Å²) in [4.78, 5) is 13.1. The zero-order valence-corrected chi connectivity index (χ0v) is 38.4. The first kappa shape index (κ1) is 56.6. The Morgan fingerprint density at radius 2 is 1.03 bits per heavy atom. The van der Waals surface area contributed by atoms with Gasteiger partial charge in [-0.05, 0) is 32.1 Å². The molecule has 0 saturated carbocycles. The molecule has 2 saturated heterocycles. The fourth-order valence-electron chi connectivity index (χ4n) is 8.07. The fourth-order valence-corrected chi connectivity index (χ4v) is 8.07. The lowest BCUT2D eigenvalue weighted by Gasteiger charge is -2.46. The summed E-state index contributed by atoms with van der Waals surface area (Å²) >= 11 is 0. The summed E-state index contributed by atoms with van der Waals surface area (Å²) in [6, 6.07) is -0.924. The lowest BCUT2D eigenvalue weighted by molar-refractivity contribution is -0.359. The number of carbonyl (C=O) groups excluding carboxylic acids is 1. The summed E-state index contributed by atoms with van der Waals surface area (Å²) in [6.07, 6.45) is 20.9. The van der Waals surface area contributed by atoms with E-state index in [2.05, 4.69) is 31.3 Å². The van der Waals surface area contributed by atoms with E-state index >= 15 is 0 Å². The summed E-state index contributed by atoms with van der Waals surface area (Å²) in [5.74, 6) is -0.250. The number of hydrogen-bond acceptors (Lipinski definition) is 13. The Hall–Kier alpha value is -1.53. The normalized spacial score (nSPS) is 27.9. The third-order valence-corrected chi connectivity index (χ3v) is 12.1. The van der Waals surface area contributed by atoms with E-state index in [0.29, 0.717) is 12.8 Å². The topological polar surface area (TPSA) is 228 Å². The van der Waals surface area contributed by atoms with Crippen molar-refractivity contribution in [2.24, 2.45) is 0 Å². The molecule has 2 fully saturated rings. The molecule has 2 rings (SSSR count). The van der Waals surface area contributed by atoms with Crippen molar-refractivity contribution in [3.05, 3.63) is 24.3 Å². The van der Waals surface area contributed by atoms with Crippen LogP contribution in [0.1, 0.15) is 181 Å². The SMILES string of the molecule is CCCCCC/C=C/CC/C=C/C(O)C(COC1OC(CO)C(OC2OC(CO)C(O)C(O)C2O)C(O)C1O)NC(=O)CCCCCCCCCCCCCCCCCCCC. The zero-order chi connectivity index (χ0) is 45.4. The molecule has 62 heavy (non-hydrogen) atoms. The predicted octanol–water partition coefficient (Wildman–Crippen LogP) is 5.77. The summed E-state index contributed by atoms with van der Waals surface area (Å²) < 4.78 is 22.6. The van der Waals surface area contributed by atoms with Gasteiger partial charge in [-0.3, -0.25) is 4.79 Å². The number of hydrogen-bond donors (Lipinski definition) is 9. The molecule has 2 heterocycles. The number of amides is 1. The molecule has 14 heteroatoms. The van der Waals surface area contributed by atoms with E-state index in [4.69, 9.17) is 18.9 Å². The van der Waals surface area contributed by atoms with E-state index in [0.717, 1.165) is 32.1 Å². The van der Waals surface area contributed by atoms with E-state index in [1.54, 1.807) is 6.08 Å². The molecule has 14 nitrogen and oxygen atoms in total. The Labute approximate surface area is 373 Å². The Kier molecular flexibility index (Phi) is 32.6. The number of aliphatic hydroxyl groups is 8. The molecule has 2 aliphatic heterocycles. The molecule has 364 valence electrons. The van der Waals surface area contributed by atoms with Gasteiger partial charge >= 0.3 is 0 Å². The number of carbonyl (C=O) groups is 1. The first-order valence-electron chi connectivity index (χ1n) is 24.6. The van der Waals surface area contributed by atoms with Crippen LogP contribution in [0.3, 0.4) is 0 Å². The minimum atomic E-state index is -1.79. The molecule has 0 bridgehead atoms. The Bertz CT molecular complexity index is 1140. The summed E-state index contributed by atoms with van der Waals surface area (Å²) in [6.45, 7) is 2.72. The third-order valence-electron chi connectivity index (χ3n) is 12.1. The van der Waals surface area contributed by atoms with Gasteiger partial charge in [0.15, 0.2) is 12.6 Å². The van der Waals surface area contributed by atoms with Gasteiger partial charge in [0.05, 0.1) is 32.0 Å². The van der Waals surface area contributed by atoms with E-state index in [1.807, 2.05) is 6.08 Å². The molecule has 1 amide bonds. The van der Waals surface area contributed by atoms with Gasteiger partial charge in [-0.25, -0.2) is 0 Å². The summed E-state index contributed by atoms with van der Waals surface area (Å²) in [5.41, 5.74) is 0. The largest absolute Gasteiger partial charge is 0.394 e. The first-order chi connectivity index (χ1) is 30.1.